The van der Waals surface area contributed by atoms with Crippen LogP contribution in [0, 0.1) is 16.7 Å². The number of unbranched alkanes of at least 4 members (excludes halogenated alkanes) is 7. The van der Waals surface area contributed by atoms with Crippen molar-refractivity contribution in [3.63, 3.8) is 0 Å². The predicted octanol–water partition coefficient (Wildman–Crippen LogP) is 6.69. The van der Waals surface area contributed by atoms with Crippen LogP contribution in [0.4, 0.5) is 0 Å². The Morgan fingerprint density at radius 3 is 2.13 bits per heavy atom. The quantitative estimate of drug-likeness (QED) is 0.418. The van der Waals surface area contributed by atoms with E-state index in [1.165, 1.54) is 68.9 Å². The summed E-state index contributed by atoms with van der Waals surface area (Å²) in [6.45, 7) is 2.27. The second-order valence-electron chi connectivity index (χ2n) is 7.07. The molecule has 1 saturated carbocycles. The monoisotopic (exact) mass is 309 g/mol. The van der Waals surface area contributed by atoms with Gasteiger partial charge in [-0.05, 0) is 36.8 Å². The first kappa shape index (κ1) is 17.8. The van der Waals surface area contributed by atoms with Gasteiger partial charge in [0.1, 0.15) is 0 Å². The highest BCUT2D eigenvalue weighted by atomic mass is 14.5. The van der Waals surface area contributed by atoms with Gasteiger partial charge in [0.15, 0.2) is 0 Å². The molecule has 1 fully saturated rings. The molecule has 0 radical (unpaired) electrons. The zero-order valence-electron chi connectivity index (χ0n) is 14.7. The lowest BCUT2D eigenvalue weighted by Gasteiger charge is -2.03. The first-order valence-electron chi connectivity index (χ1n) is 9.47. The molecule has 0 heterocycles. The van der Waals surface area contributed by atoms with E-state index in [4.69, 9.17) is 5.26 Å². The van der Waals surface area contributed by atoms with Crippen molar-refractivity contribution in [2.24, 2.45) is 5.41 Å². The van der Waals surface area contributed by atoms with Gasteiger partial charge in [-0.1, -0.05) is 88.3 Å². The first-order valence-corrected chi connectivity index (χ1v) is 9.47. The Morgan fingerprint density at radius 2 is 1.57 bits per heavy atom. The molecule has 0 amide bonds. The maximum atomic E-state index is 9.08. The van der Waals surface area contributed by atoms with Gasteiger partial charge in [0, 0.05) is 0 Å². The highest BCUT2D eigenvalue weighted by molar-refractivity contribution is 5.52. The molecule has 0 atom stereocenters. The summed E-state index contributed by atoms with van der Waals surface area (Å²) in [5.74, 6) is 0. The van der Waals surface area contributed by atoms with Crippen LogP contribution in [0.3, 0.4) is 0 Å². The number of aryl methyl sites for hydroxylation is 1. The third kappa shape index (κ3) is 6.61. The summed E-state index contributed by atoms with van der Waals surface area (Å²) in [4.78, 5) is 0. The second kappa shape index (κ2) is 9.56. The fourth-order valence-corrected chi connectivity index (χ4v) is 2.96. The fraction of sp³-hybridized carbons (Fsp3) is 0.591. The van der Waals surface area contributed by atoms with Crippen molar-refractivity contribution in [1.29, 1.82) is 5.26 Å². The van der Waals surface area contributed by atoms with Crippen LogP contribution in [0.5, 0.6) is 0 Å². The van der Waals surface area contributed by atoms with Gasteiger partial charge in [0.25, 0.3) is 0 Å². The zero-order chi connectivity index (χ0) is 16.4. The Hall–Kier alpha value is -1.55. The molecule has 1 nitrogen and oxygen atoms in total. The van der Waals surface area contributed by atoms with Gasteiger partial charge in [-0.15, -0.1) is 0 Å². The number of allylic oxidation sites excluding steroid dienone is 1. The molecule has 0 N–H and O–H groups in total. The van der Waals surface area contributed by atoms with E-state index in [1.807, 2.05) is 0 Å². The predicted molar refractivity (Wildman–Crippen MR) is 99.1 cm³/mol. The third-order valence-electron chi connectivity index (χ3n) is 4.90. The molecule has 0 unspecified atom stereocenters. The topological polar surface area (TPSA) is 23.8 Å². The molecule has 124 valence electrons. The van der Waals surface area contributed by atoms with Gasteiger partial charge in [-0.25, -0.2) is 0 Å². The molecule has 0 aromatic heterocycles. The average Bonchev–Trinajstić information content (AvgIpc) is 3.37. The SMILES string of the molecule is CCCCCCCCCCc1ccc(C=CC2(C#N)CC2)cc1. The van der Waals surface area contributed by atoms with Crippen molar-refractivity contribution >= 4 is 6.08 Å². The van der Waals surface area contributed by atoms with Gasteiger partial charge >= 0.3 is 0 Å². The molecule has 1 heteroatoms. The van der Waals surface area contributed by atoms with Crippen LogP contribution < -0.4 is 0 Å². The van der Waals surface area contributed by atoms with E-state index in [0.717, 1.165) is 12.8 Å². The van der Waals surface area contributed by atoms with E-state index in [9.17, 15) is 0 Å². The lowest BCUT2D eigenvalue weighted by atomic mass is 10.0. The normalized spacial score (nSPS) is 15.7. The molecule has 1 aliphatic carbocycles. The molecular formula is C22H31N. The van der Waals surface area contributed by atoms with Crippen LogP contribution in [0.15, 0.2) is 30.3 Å². The second-order valence-corrected chi connectivity index (χ2v) is 7.07. The van der Waals surface area contributed by atoms with Crippen LogP contribution in [0.1, 0.15) is 82.3 Å². The fourth-order valence-electron chi connectivity index (χ4n) is 2.96. The minimum atomic E-state index is -0.143. The Morgan fingerprint density at radius 1 is 0.957 bits per heavy atom. The third-order valence-corrected chi connectivity index (χ3v) is 4.90. The van der Waals surface area contributed by atoms with Crippen molar-refractivity contribution in [3.05, 3.63) is 41.5 Å². The van der Waals surface area contributed by atoms with E-state index in [1.54, 1.807) is 0 Å². The standard InChI is InChI=1S/C22H31N/c1-2-3-4-5-6-7-8-9-10-20-11-13-21(14-12-20)15-16-22(19-23)17-18-22/h11-16H,2-10,17-18H2,1H3. The summed E-state index contributed by atoms with van der Waals surface area (Å²) in [5, 5.41) is 9.08. The molecule has 23 heavy (non-hydrogen) atoms. The summed E-state index contributed by atoms with van der Waals surface area (Å²) >= 11 is 0. The van der Waals surface area contributed by atoms with Crippen LogP contribution in [0.2, 0.25) is 0 Å². The average molecular weight is 309 g/mol. The summed E-state index contributed by atoms with van der Waals surface area (Å²) in [6, 6.07) is 11.3. The lowest BCUT2D eigenvalue weighted by Crippen LogP contribution is -1.89. The molecular weight excluding hydrogens is 278 g/mol. The minimum Gasteiger partial charge on any atom is -0.197 e. The van der Waals surface area contributed by atoms with Crippen LogP contribution in [0.25, 0.3) is 6.08 Å². The van der Waals surface area contributed by atoms with Crippen molar-refractivity contribution in [1.82, 2.24) is 0 Å². The van der Waals surface area contributed by atoms with Gasteiger partial charge < -0.3 is 0 Å². The molecule has 1 aromatic carbocycles. The van der Waals surface area contributed by atoms with Crippen LogP contribution in [-0.4, -0.2) is 0 Å². The number of nitrogens with zero attached hydrogens (tertiary/aromatic N) is 1. The highest BCUT2D eigenvalue weighted by Crippen LogP contribution is 2.46. The van der Waals surface area contributed by atoms with E-state index < -0.39 is 0 Å². The van der Waals surface area contributed by atoms with Crippen molar-refractivity contribution in [2.45, 2.75) is 77.6 Å². The van der Waals surface area contributed by atoms with E-state index in [0.29, 0.717) is 0 Å². The summed E-state index contributed by atoms with van der Waals surface area (Å²) in [6.07, 6.45) is 18.5. The maximum Gasteiger partial charge on any atom is 0.0758 e. The molecule has 0 bridgehead atoms. The Kier molecular flexibility index (Phi) is 7.40. The zero-order valence-corrected chi connectivity index (χ0v) is 14.7. The maximum absolute atomic E-state index is 9.08. The van der Waals surface area contributed by atoms with Gasteiger partial charge in [0.05, 0.1) is 11.5 Å². The highest BCUT2D eigenvalue weighted by Gasteiger charge is 2.40. The Bertz CT molecular complexity index is 514. The number of rotatable bonds is 11. The van der Waals surface area contributed by atoms with E-state index in [-0.39, 0.29) is 5.41 Å². The molecule has 2 rings (SSSR count). The Labute approximate surface area is 142 Å². The molecule has 0 aliphatic heterocycles. The molecule has 0 spiro atoms. The number of hydrogen-bond donors (Lipinski definition) is 0. The number of nitriles is 1. The Balaban J connectivity index is 1.61. The van der Waals surface area contributed by atoms with Gasteiger partial charge in [-0.3, -0.25) is 0 Å². The van der Waals surface area contributed by atoms with Crippen molar-refractivity contribution in [2.75, 3.05) is 0 Å². The smallest absolute Gasteiger partial charge is 0.0758 e. The summed E-state index contributed by atoms with van der Waals surface area (Å²) < 4.78 is 0. The van der Waals surface area contributed by atoms with Crippen LogP contribution >= 0.6 is 0 Å². The minimum absolute atomic E-state index is 0.143. The van der Waals surface area contributed by atoms with Crippen LogP contribution in [-0.2, 0) is 6.42 Å². The van der Waals surface area contributed by atoms with Gasteiger partial charge in [0.2, 0.25) is 0 Å². The van der Waals surface area contributed by atoms with Crippen molar-refractivity contribution < 1.29 is 0 Å². The lowest BCUT2D eigenvalue weighted by molar-refractivity contribution is 0.575. The molecule has 1 aliphatic rings. The van der Waals surface area contributed by atoms with Crippen molar-refractivity contribution in [3.8, 4) is 6.07 Å². The molecule has 1 aromatic rings. The number of benzene rings is 1. The van der Waals surface area contributed by atoms with E-state index >= 15 is 0 Å². The number of hydrogen-bond acceptors (Lipinski definition) is 1. The summed E-state index contributed by atoms with van der Waals surface area (Å²) in [5.41, 5.74) is 2.51. The molecule has 0 saturated heterocycles. The van der Waals surface area contributed by atoms with E-state index in [2.05, 4.69) is 49.4 Å². The summed E-state index contributed by atoms with van der Waals surface area (Å²) in [7, 11) is 0. The first-order chi connectivity index (χ1) is 11.3. The van der Waals surface area contributed by atoms with Gasteiger partial charge in [-0.2, -0.15) is 5.26 Å². The largest absolute Gasteiger partial charge is 0.197 e.